The van der Waals surface area contributed by atoms with Gasteiger partial charge in [0.25, 0.3) is 0 Å². The van der Waals surface area contributed by atoms with Gasteiger partial charge in [-0.25, -0.2) is 14.5 Å². The zero-order valence-electron chi connectivity index (χ0n) is 17.5. The Morgan fingerprint density at radius 3 is 2.48 bits per heavy atom. The molecule has 2 N–H and O–H groups in total. The Labute approximate surface area is 200 Å². The van der Waals surface area contributed by atoms with Crippen LogP contribution in [-0.2, 0) is 0 Å². The molecule has 3 aromatic carbocycles. The summed E-state index contributed by atoms with van der Waals surface area (Å²) in [6, 6.07) is 21.2. The number of benzene rings is 3. The third-order valence-electron chi connectivity index (χ3n) is 4.61. The maximum atomic E-state index is 12.5. The number of halogens is 2. The second-order valence-corrected chi connectivity index (χ2v) is 7.72. The normalized spacial score (nSPS) is 10.9. The first kappa shape index (κ1) is 22.4. The molecule has 4 aromatic rings. The number of anilines is 2. The highest BCUT2D eigenvalue weighted by atomic mass is 35.5. The molecular weight excluding hydrogens is 461 g/mol. The summed E-state index contributed by atoms with van der Waals surface area (Å²) < 4.78 is 6.68. The molecule has 0 saturated heterocycles. The fraction of sp³-hybridized carbons (Fsp3) is 0.0417. The molecule has 7 nitrogen and oxygen atoms in total. The quantitative estimate of drug-likeness (QED) is 0.314. The molecule has 0 bridgehead atoms. The number of methoxy groups -OCH3 is 1. The van der Waals surface area contributed by atoms with Gasteiger partial charge in [0.1, 0.15) is 5.75 Å². The van der Waals surface area contributed by atoms with E-state index in [0.717, 1.165) is 11.3 Å². The van der Waals surface area contributed by atoms with Gasteiger partial charge in [-0.1, -0.05) is 47.5 Å². The first-order valence-electron chi connectivity index (χ1n) is 9.88. The fourth-order valence-corrected chi connectivity index (χ4v) is 3.42. The van der Waals surface area contributed by atoms with E-state index in [4.69, 9.17) is 27.9 Å². The van der Waals surface area contributed by atoms with Crippen molar-refractivity contribution in [2.45, 2.75) is 0 Å². The summed E-state index contributed by atoms with van der Waals surface area (Å²) in [4.78, 5) is 17.1. The van der Waals surface area contributed by atoms with Crippen molar-refractivity contribution >= 4 is 47.1 Å². The molecule has 9 heteroatoms. The van der Waals surface area contributed by atoms with Crippen molar-refractivity contribution in [2.75, 3.05) is 17.7 Å². The molecule has 0 radical (unpaired) electrons. The number of hydrogen-bond acceptors (Lipinski definition) is 4. The van der Waals surface area contributed by atoms with E-state index in [0.29, 0.717) is 27.0 Å². The van der Waals surface area contributed by atoms with Crippen molar-refractivity contribution in [1.82, 2.24) is 9.66 Å². The lowest BCUT2D eigenvalue weighted by atomic mass is 10.2. The molecule has 0 saturated carbocycles. The summed E-state index contributed by atoms with van der Waals surface area (Å²) >= 11 is 12.2. The van der Waals surface area contributed by atoms with Gasteiger partial charge in [-0.15, -0.1) is 0 Å². The van der Waals surface area contributed by atoms with Gasteiger partial charge in [0.05, 0.1) is 30.2 Å². The summed E-state index contributed by atoms with van der Waals surface area (Å²) in [6.07, 6.45) is 3.28. The van der Waals surface area contributed by atoms with Crippen molar-refractivity contribution in [3.8, 4) is 17.0 Å². The van der Waals surface area contributed by atoms with Gasteiger partial charge in [0, 0.05) is 21.8 Å². The monoisotopic (exact) mass is 479 g/mol. The number of nitrogens with zero attached hydrogens (tertiary/aromatic N) is 3. The van der Waals surface area contributed by atoms with Crippen molar-refractivity contribution in [3.05, 3.63) is 94.6 Å². The van der Waals surface area contributed by atoms with E-state index in [9.17, 15) is 4.79 Å². The third-order valence-corrected chi connectivity index (χ3v) is 5.18. The van der Waals surface area contributed by atoms with Crippen molar-refractivity contribution < 1.29 is 9.53 Å². The number of nitrogens with one attached hydrogen (secondary N) is 2. The lowest BCUT2D eigenvalue weighted by molar-refractivity contribution is 0.262. The molecule has 166 valence electrons. The number of para-hydroxylation sites is 1. The summed E-state index contributed by atoms with van der Waals surface area (Å²) in [7, 11) is 1.60. The van der Waals surface area contributed by atoms with Gasteiger partial charge in [0.2, 0.25) is 5.95 Å². The number of carbonyl (C=O) groups is 1. The molecule has 33 heavy (non-hydrogen) atoms. The largest absolute Gasteiger partial charge is 0.497 e. The van der Waals surface area contributed by atoms with Crippen molar-refractivity contribution in [1.29, 1.82) is 0 Å². The van der Waals surface area contributed by atoms with Crippen LogP contribution in [0.15, 0.2) is 84.1 Å². The van der Waals surface area contributed by atoms with Crippen LogP contribution in [0.25, 0.3) is 11.3 Å². The Kier molecular flexibility index (Phi) is 6.92. The fourth-order valence-electron chi connectivity index (χ4n) is 2.96. The minimum Gasteiger partial charge on any atom is -0.497 e. The Hall–Kier alpha value is -3.81. The highest BCUT2D eigenvalue weighted by molar-refractivity contribution is 6.36. The van der Waals surface area contributed by atoms with E-state index >= 15 is 0 Å². The van der Waals surface area contributed by atoms with Gasteiger partial charge in [-0.2, -0.15) is 5.10 Å². The maximum absolute atomic E-state index is 12.5. The van der Waals surface area contributed by atoms with Crippen LogP contribution in [-0.4, -0.2) is 29.0 Å². The second kappa shape index (κ2) is 10.2. The zero-order chi connectivity index (χ0) is 23.2. The number of amides is 2. The average Bonchev–Trinajstić information content (AvgIpc) is 3.21. The Morgan fingerprint density at radius 2 is 1.79 bits per heavy atom. The lowest BCUT2D eigenvalue weighted by Gasteiger charge is -2.07. The smallest absolute Gasteiger partial charge is 0.326 e. The van der Waals surface area contributed by atoms with Crippen LogP contribution in [0.5, 0.6) is 5.75 Å². The number of imidazole rings is 1. The second-order valence-electron chi connectivity index (χ2n) is 6.88. The van der Waals surface area contributed by atoms with E-state index in [1.54, 1.807) is 49.9 Å². The topological polar surface area (TPSA) is 80.5 Å². The van der Waals surface area contributed by atoms with Crippen LogP contribution < -0.4 is 15.4 Å². The van der Waals surface area contributed by atoms with E-state index in [1.807, 2.05) is 42.5 Å². The Balaban J connectivity index is 1.64. The van der Waals surface area contributed by atoms with Gasteiger partial charge in [-0.05, 0) is 48.5 Å². The minimum atomic E-state index is -0.450. The van der Waals surface area contributed by atoms with Crippen LogP contribution in [0.2, 0.25) is 10.0 Å². The van der Waals surface area contributed by atoms with Crippen LogP contribution in [0, 0.1) is 0 Å². The molecule has 0 aliphatic carbocycles. The number of aromatic nitrogens is 2. The average molecular weight is 480 g/mol. The summed E-state index contributed by atoms with van der Waals surface area (Å²) in [5, 5.41) is 10.9. The van der Waals surface area contributed by atoms with Gasteiger partial charge >= 0.3 is 6.03 Å². The number of hydrogen-bond donors (Lipinski definition) is 2. The van der Waals surface area contributed by atoms with Crippen LogP contribution in [0.4, 0.5) is 16.4 Å². The molecule has 4 rings (SSSR count). The molecule has 1 heterocycles. The third kappa shape index (κ3) is 5.71. The molecule has 0 atom stereocenters. The highest BCUT2D eigenvalue weighted by Crippen LogP contribution is 2.24. The maximum Gasteiger partial charge on any atom is 0.326 e. The lowest BCUT2D eigenvalue weighted by Crippen LogP contribution is -2.21. The molecule has 1 aromatic heterocycles. The SMILES string of the molecule is COc1ccc(-c2cn(N=Cc3ccc(Cl)cc3Cl)c(NC(=O)Nc3ccccc3)n2)cc1. The molecule has 0 aliphatic rings. The number of ether oxygens (including phenoxy) is 1. The number of urea groups is 1. The molecule has 0 spiro atoms. The van der Waals surface area contributed by atoms with E-state index in [1.165, 1.54) is 4.68 Å². The number of carbonyl (C=O) groups excluding carboxylic acids is 1. The summed E-state index contributed by atoms with van der Waals surface area (Å²) in [5.74, 6) is 0.963. The molecule has 2 amide bonds. The van der Waals surface area contributed by atoms with Crippen molar-refractivity contribution in [3.63, 3.8) is 0 Å². The van der Waals surface area contributed by atoms with Gasteiger partial charge in [-0.3, -0.25) is 5.32 Å². The van der Waals surface area contributed by atoms with Gasteiger partial charge in [0.15, 0.2) is 0 Å². The number of rotatable bonds is 6. The van der Waals surface area contributed by atoms with Crippen LogP contribution in [0.1, 0.15) is 5.56 Å². The standard InChI is InChI=1S/C24H19Cl2N5O2/c1-33-20-11-8-16(9-12-20)22-15-31(27-14-17-7-10-18(25)13-21(17)26)23(29-22)30-24(32)28-19-5-3-2-4-6-19/h2-15H,1H3,(H2,28,29,30,32). The Morgan fingerprint density at radius 1 is 1.03 bits per heavy atom. The summed E-state index contributed by atoms with van der Waals surface area (Å²) in [6.45, 7) is 0. The molecular formula is C24H19Cl2N5O2. The highest BCUT2D eigenvalue weighted by Gasteiger charge is 2.13. The van der Waals surface area contributed by atoms with Crippen LogP contribution >= 0.6 is 23.2 Å². The molecule has 0 unspecified atom stereocenters. The first-order valence-corrected chi connectivity index (χ1v) is 10.6. The van der Waals surface area contributed by atoms with E-state index in [2.05, 4.69) is 20.7 Å². The van der Waals surface area contributed by atoms with Gasteiger partial charge < -0.3 is 10.1 Å². The first-order chi connectivity index (χ1) is 16.0. The molecule has 0 aliphatic heterocycles. The minimum absolute atomic E-state index is 0.232. The predicted molar refractivity (Wildman–Crippen MR) is 133 cm³/mol. The van der Waals surface area contributed by atoms with Crippen molar-refractivity contribution in [2.24, 2.45) is 5.10 Å². The van der Waals surface area contributed by atoms with E-state index < -0.39 is 6.03 Å². The van der Waals surface area contributed by atoms with E-state index in [-0.39, 0.29) is 5.95 Å². The van der Waals surface area contributed by atoms with Crippen LogP contribution in [0.3, 0.4) is 0 Å². The zero-order valence-corrected chi connectivity index (χ0v) is 19.0. The summed E-state index contributed by atoms with van der Waals surface area (Å²) in [5.41, 5.74) is 2.77. The molecule has 0 fully saturated rings. The predicted octanol–water partition coefficient (Wildman–Crippen LogP) is 6.39. The Bertz CT molecular complexity index is 1290.